The molecule has 0 aliphatic carbocycles. The summed E-state index contributed by atoms with van der Waals surface area (Å²) in [4.78, 5) is 12.2. The lowest BCUT2D eigenvalue weighted by molar-refractivity contribution is -0.118. The zero-order chi connectivity index (χ0) is 21.1. The van der Waals surface area contributed by atoms with Gasteiger partial charge >= 0.3 is 0 Å². The van der Waals surface area contributed by atoms with Crippen LogP contribution in [0.3, 0.4) is 0 Å². The number of furan rings is 1. The molecule has 30 heavy (non-hydrogen) atoms. The molecule has 0 unspecified atom stereocenters. The fraction of sp³-hybridized carbons (Fsp3) is 0.238. The van der Waals surface area contributed by atoms with Gasteiger partial charge in [0.25, 0.3) is 0 Å². The van der Waals surface area contributed by atoms with Crippen molar-refractivity contribution in [3.63, 3.8) is 0 Å². The summed E-state index contributed by atoms with van der Waals surface area (Å²) in [6.07, 6.45) is 2.28. The maximum absolute atomic E-state index is 12.2. The van der Waals surface area contributed by atoms with Crippen LogP contribution in [-0.2, 0) is 11.2 Å². The number of nitrogens with one attached hydrogen (secondary N) is 1. The number of aryl methyl sites for hydroxylation is 2. The monoisotopic (exact) mass is 441 g/mol. The summed E-state index contributed by atoms with van der Waals surface area (Å²) in [5.41, 5.74) is 3.40. The Morgan fingerprint density at radius 1 is 1.20 bits per heavy atom. The van der Waals surface area contributed by atoms with Crippen LogP contribution < -0.4 is 5.32 Å². The lowest BCUT2D eigenvalue weighted by Gasteiger charge is -2.04. The molecule has 9 heteroatoms. The molecular formula is C21H20ClN5O2S. The molecule has 1 amide bonds. The first kappa shape index (κ1) is 20.4. The molecule has 4 rings (SSSR count). The Hall–Kier alpha value is -2.84. The third-order valence-electron chi connectivity index (χ3n) is 4.66. The summed E-state index contributed by atoms with van der Waals surface area (Å²) in [6, 6.07) is 11.2. The summed E-state index contributed by atoms with van der Waals surface area (Å²) < 4.78 is 7.12. The lowest BCUT2D eigenvalue weighted by atomic mass is 10.2. The Bertz CT molecular complexity index is 1170. The molecule has 0 atom stereocenters. The van der Waals surface area contributed by atoms with Crippen LogP contribution >= 0.6 is 23.4 Å². The predicted molar refractivity (Wildman–Crippen MR) is 117 cm³/mol. The van der Waals surface area contributed by atoms with Gasteiger partial charge in [0.05, 0.1) is 29.1 Å². The molecule has 154 valence electrons. The molecule has 3 aromatic heterocycles. The Morgan fingerprint density at radius 2 is 2.00 bits per heavy atom. The summed E-state index contributed by atoms with van der Waals surface area (Å²) in [6.45, 7) is 4.42. The van der Waals surface area contributed by atoms with Gasteiger partial charge in [-0.25, -0.2) is 4.68 Å². The van der Waals surface area contributed by atoms with Crippen LogP contribution in [0.5, 0.6) is 0 Å². The fourth-order valence-corrected chi connectivity index (χ4v) is 4.07. The highest BCUT2D eigenvalue weighted by molar-refractivity contribution is 8.00. The first-order chi connectivity index (χ1) is 14.5. The van der Waals surface area contributed by atoms with E-state index in [2.05, 4.69) is 15.5 Å². The normalized spacial score (nSPS) is 11.2. The Morgan fingerprint density at radius 3 is 2.73 bits per heavy atom. The maximum atomic E-state index is 12.2. The van der Waals surface area contributed by atoms with Gasteiger partial charge in [-0.1, -0.05) is 23.4 Å². The van der Waals surface area contributed by atoms with E-state index in [-0.39, 0.29) is 11.7 Å². The minimum absolute atomic E-state index is 0.0732. The molecule has 3 heterocycles. The standard InChI is InChI=1S/C21H20ClN5O2S/c1-13-19-14(2)27(16-7-5-15(22)6-8-16)26-20(19)21(25-24-13)30-12-18(28)23-10-9-17-4-3-11-29-17/h3-8,11H,9-10,12H2,1-2H3,(H,23,28). The van der Waals surface area contributed by atoms with Crippen LogP contribution in [0.25, 0.3) is 16.6 Å². The van der Waals surface area contributed by atoms with Gasteiger partial charge in [0.2, 0.25) is 5.91 Å². The highest BCUT2D eigenvalue weighted by Crippen LogP contribution is 2.30. The number of carbonyl (C=O) groups is 1. The van der Waals surface area contributed by atoms with Crippen LogP contribution in [0, 0.1) is 13.8 Å². The van der Waals surface area contributed by atoms with Crippen molar-refractivity contribution in [2.45, 2.75) is 25.3 Å². The van der Waals surface area contributed by atoms with E-state index >= 15 is 0 Å². The second-order valence-electron chi connectivity index (χ2n) is 6.76. The van der Waals surface area contributed by atoms with Crippen molar-refractivity contribution in [1.29, 1.82) is 0 Å². The minimum atomic E-state index is -0.0732. The van der Waals surface area contributed by atoms with E-state index in [0.717, 1.165) is 33.7 Å². The number of amides is 1. The van der Waals surface area contributed by atoms with Gasteiger partial charge in [0.15, 0.2) is 0 Å². The molecule has 0 aliphatic rings. The number of carbonyl (C=O) groups excluding carboxylic acids is 1. The van der Waals surface area contributed by atoms with Gasteiger partial charge < -0.3 is 9.73 Å². The smallest absolute Gasteiger partial charge is 0.230 e. The summed E-state index contributed by atoms with van der Waals surface area (Å²) >= 11 is 7.34. The van der Waals surface area contributed by atoms with E-state index in [4.69, 9.17) is 21.1 Å². The Labute approximate surface area is 182 Å². The van der Waals surface area contributed by atoms with Crippen molar-refractivity contribution in [2.24, 2.45) is 0 Å². The molecule has 0 saturated carbocycles. The Kier molecular flexibility index (Phi) is 6.06. The summed E-state index contributed by atoms with van der Waals surface area (Å²) in [7, 11) is 0. The highest BCUT2D eigenvalue weighted by atomic mass is 35.5. The molecule has 1 N–H and O–H groups in total. The second kappa shape index (κ2) is 8.89. The van der Waals surface area contributed by atoms with Crippen molar-refractivity contribution in [3.05, 3.63) is 64.8 Å². The van der Waals surface area contributed by atoms with Gasteiger partial charge in [0, 0.05) is 23.4 Å². The third-order valence-corrected chi connectivity index (χ3v) is 5.86. The molecule has 0 radical (unpaired) electrons. The third kappa shape index (κ3) is 4.34. The van der Waals surface area contributed by atoms with Crippen molar-refractivity contribution in [3.8, 4) is 5.69 Å². The molecule has 0 spiro atoms. The van der Waals surface area contributed by atoms with E-state index in [9.17, 15) is 4.79 Å². The number of hydrogen-bond donors (Lipinski definition) is 1. The molecule has 7 nitrogen and oxygen atoms in total. The van der Waals surface area contributed by atoms with Crippen molar-refractivity contribution in [2.75, 3.05) is 12.3 Å². The number of rotatable bonds is 7. The largest absolute Gasteiger partial charge is 0.469 e. The average Bonchev–Trinajstić information content (AvgIpc) is 3.37. The summed E-state index contributed by atoms with van der Waals surface area (Å²) in [5, 5.41) is 18.4. The van der Waals surface area contributed by atoms with E-state index in [0.29, 0.717) is 23.0 Å². The van der Waals surface area contributed by atoms with Crippen molar-refractivity contribution in [1.82, 2.24) is 25.3 Å². The van der Waals surface area contributed by atoms with Crippen molar-refractivity contribution < 1.29 is 9.21 Å². The first-order valence-corrected chi connectivity index (χ1v) is 10.8. The molecule has 1 aromatic carbocycles. The van der Waals surface area contributed by atoms with Gasteiger partial charge in [0.1, 0.15) is 16.3 Å². The minimum Gasteiger partial charge on any atom is -0.469 e. The number of halogens is 1. The van der Waals surface area contributed by atoms with Crippen LogP contribution in [-0.4, -0.2) is 38.2 Å². The molecule has 4 aromatic rings. The topological polar surface area (TPSA) is 85.8 Å². The van der Waals surface area contributed by atoms with Crippen molar-refractivity contribution >= 4 is 40.2 Å². The molecule has 0 saturated heterocycles. The number of hydrogen-bond acceptors (Lipinski definition) is 6. The van der Waals surface area contributed by atoms with Gasteiger partial charge in [-0.05, 0) is 50.2 Å². The fourth-order valence-electron chi connectivity index (χ4n) is 3.20. The number of aromatic nitrogens is 4. The van der Waals surface area contributed by atoms with E-state index in [1.54, 1.807) is 6.26 Å². The number of nitrogens with zero attached hydrogens (tertiary/aromatic N) is 4. The zero-order valence-corrected chi connectivity index (χ0v) is 18.1. The number of fused-ring (bicyclic) bond motifs is 1. The number of benzene rings is 1. The number of thioether (sulfide) groups is 1. The average molecular weight is 442 g/mol. The van der Waals surface area contributed by atoms with Gasteiger partial charge in [-0.15, -0.1) is 5.10 Å². The highest BCUT2D eigenvalue weighted by Gasteiger charge is 2.18. The predicted octanol–water partition coefficient (Wildman–Crippen LogP) is 4.13. The van der Waals surface area contributed by atoms with Crippen LogP contribution in [0.1, 0.15) is 17.1 Å². The molecule has 0 aliphatic heterocycles. The van der Waals surface area contributed by atoms with E-state index in [1.807, 2.05) is 54.9 Å². The van der Waals surface area contributed by atoms with E-state index < -0.39 is 0 Å². The van der Waals surface area contributed by atoms with Crippen LogP contribution in [0.2, 0.25) is 5.02 Å². The molecule has 0 bridgehead atoms. The van der Waals surface area contributed by atoms with Crippen LogP contribution in [0.15, 0.2) is 52.1 Å². The second-order valence-corrected chi connectivity index (χ2v) is 8.16. The SMILES string of the molecule is Cc1nnc(SCC(=O)NCCc2ccco2)c2nn(-c3ccc(Cl)cc3)c(C)c12. The Balaban J connectivity index is 1.50. The quantitative estimate of drug-likeness (QED) is 0.434. The maximum Gasteiger partial charge on any atom is 0.230 e. The lowest BCUT2D eigenvalue weighted by Crippen LogP contribution is -2.27. The van der Waals surface area contributed by atoms with Gasteiger partial charge in [-0.3, -0.25) is 4.79 Å². The molecular weight excluding hydrogens is 422 g/mol. The zero-order valence-electron chi connectivity index (χ0n) is 16.6. The van der Waals surface area contributed by atoms with Gasteiger partial charge in [-0.2, -0.15) is 10.2 Å². The van der Waals surface area contributed by atoms with E-state index in [1.165, 1.54) is 11.8 Å². The molecule has 0 fully saturated rings. The summed E-state index contributed by atoms with van der Waals surface area (Å²) in [5.74, 6) is 1.01. The van der Waals surface area contributed by atoms with Crippen LogP contribution in [0.4, 0.5) is 0 Å². The first-order valence-electron chi connectivity index (χ1n) is 9.43.